The van der Waals surface area contributed by atoms with Crippen LogP contribution in [0.15, 0.2) is 45.8 Å². The minimum atomic E-state index is -0.257. The number of aromatic nitrogens is 3. The van der Waals surface area contributed by atoms with Gasteiger partial charge in [-0.3, -0.25) is 4.79 Å². The van der Waals surface area contributed by atoms with Crippen LogP contribution in [0.5, 0.6) is 0 Å². The first-order valence-corrected chi connectivity index (χ1v) is 7.56. The van der Waals surface area contributed by atoms with E-state index in [1.54, 1.807) is 24.4 Å². The van der Waals surface area contributed by atoms with Gasteiger partial charge in [0.25, 0.3) is 5.91 Å². The van der Waals surface area contributed by atoms with Crippen LogP contribution in [0.25, 0.3) is 11.5 Å². The third-order valence-corrected chi connectivity index (χ3v) is 3.49. The largest absolute Gasteiger partial charge is 0.461 e. The molecule has 23 heavy (non-hydrogen) atoms. The van der Waals surface area contributed by atoms with Gasteiger partial charge in [-0.1, -0.05) is 12.1 Å². The van der Waals surface area contributed by atoms with Gasteiger partial charge in [-0.05, 0) is 18.6 Å². The molecule has 0 aliphatic heterocycles. The fraction of sp³-hybridized carbons (Fsp3) is 0.312. The minimum Gasteiger partial charge on any atom is -0.461 e. The molecule has 0 aliphatic carbocycles. The summed E-state index contributed by atoms with van der Waals surface area (Å²) in [4.78, 5) is 16.3. The molecule has 0 saturated heterocycles. The molecule has 0 radical (unpaired) electrons. The average Bonchev–Trinajstić information content (AvgIpc) is 3.31. The molecule has 120 valence electrons. The highest BCUT2D eigenvalue weighted by Crippen LogP contribution is 2.20. The Labute approximate surface area is 133 Å². The van der Waals surface area contributed by atoms with Crippen molar-refractivity contribution in [2.24, 2.45) is 0 Å². The van der Waals surface area contributed by atoms with Crippen LogP contribution in [0, 0.1) is 0 Å². The first kappa shape index (κ1) is 15.1. The fourth-order valence-electron chi connectivity index (χ4n) is 2.32. The average molecular weight is 314 g/mol. The summed E-state index contributed by atoms with van der Waals surface area (Å²) < 4.78 is 12.4. The van der Waals surface area contributed by atoms with E-state index in [2.05, 4.69) is 26.9 Å². The molecule has 3 aromatic rings. The minimum absolute atomic E-state index is 0.244. The summed E-state index contributed by atoms with van der Waals surface area (Å²) in [5.41, 5.74) is 0.244. The first-order chi connectivity index (χ1) is 11.3. The van der Waals surface area contributed by atoms with Crippen molar-refractivity contribution in [2.75, 3.05) is 6.54 Å². The van der Waals surface area contributed by atoms with Gasteiger partial charge >= 0.3 is 0 Å². The molecule has 0 saturated carbocycles. The van der Waals surface area contributed by atoms with Crippen molar-refractivity contribution in [3.8, 4) is 11.5 Å². The second-order valence-corrected chi connectivity index (χ2v) is 5.05. The molecule has 3 rings (SSSR count). The molecule has 0 aliphatic rings. The molecule has 7 nitrogen and oxygen atoms in total. The number of aryl methyl sites for hydroxylation is 2. The molecule has 7 heteroatoms. The number of carbonyl (C=O) groups is 1. The van der Waals surface area contributed by atoms with Gasteiger partial charge in [0.05, 0.1) is 6.26 Å². The van der Waals surface area contributed by atoms with Gasteiger partial charge in [-0.25, -0.2) is 4.98 Å². The van der Waals surface area contributed by atoms with E-state index in [1.165, 1.54) is 6.26 Å². The zero-order chi connectivity index (χ0) is 16.1. The molecule has 1 N–H and O–H groups in total. The number of amides is 1. The second kappa shape index (κ2) is 6.95. The summed E-state index contributed by atoms with van der Waals surface area (Å²) >= 11 is 0. The summed E-state index contributed by atoms with van der Waals surface area (Å²) in [6.45, 7) is 3.45. The van der Waals surface area contributed by atoms with E-state index in [4.69, 9.17) is 8.94 Å². The smallest absolute Gasteiger partial charge is 0.273 e. The summed E-state index contributed by atoms with van der Waals surface area (Å²) in [6, 6.07) is 5.07. The van der Waals surface area contributed by atoms with Crippen LogP contribution < -0.4 is 5.32 Å². The van der Waals surface area contributed by atoms with Gasteiger partial charge in [-0.2, -0.15) is 0 Å². The van der Waals surface area contributed by atoms with Gasteiger partial charge in [0.15, 0.2) is 11.5 Å². The van der Waals surface area contributed by atoms with E-state index in [-0.39, 0.29) is 11.6 Å². The van der Waals surface area contributed by atoms with Crippen molar-refractivity contribution in [3.05, 3.63) is 48.4 Å². The number of nitrogens with one attached hydrogen (secondary N) is 1. The maximum atomic E-state index is 12.0. The zero-order valence-electron chi connectivity index (χ0n) is 12.9. The number of imidazole rings is 1. The predicted molar refractivity (Wildman–Crippen MR) is 82.8 cm³/mol. The van der Waals surface area contributed by atoms with Crippen LogP contribution >= 0.6 is 0 Å². The Balaban J connectivity index is 1.48. The lowest BCUT2D eigenvalue weighted by atomic mass is 10.3. The first-order valence-electron chi connectivity index (χ1n) is 7.56. The molecule has 0 unspecified atom stereocenters. The number of furan rings is 1. The highest BCUT2D eigenvalue weighted by atomic mass is 16.5. The second-order valence-electron chi connectivity index (χ2n) is 5.05. The lowest BCUT2D eigenvalue weighted by Gasteiger charge is -2.06. The molecule has 0 atom stereocenters. The van der Waals surface area contributed by atoms with Gasteiger partial charge in [-0.15, -0.1) is 0 Å². The Hall–Kier alpha value is -2.83. The Bertz CT molecular complexity index is 758. The van der Waals surface area contributed by atoms with Crippen molar-refractivity contribution >= 4 is 5.91 Å². The quantitative estimate of drug-likeness (QED) is 0.677. The van der Waals surface area contributed by atoms with Crippen LogP contribution in [-0.2, 0) is 13.0 Å². The lowest BCUT2D eigenvalue weighted by Crippen LogP contribution is -2.25. The molecule has 3 heterocycles. The van der Waals surface area contributed by atoms with Gasteiger partial charge in [0.1, 0.15) is 5.82 Å². The number of nitrogens with zero attached hydrogens (tertiary/aromatic N) is 3. The van der Waals surface area contributed by atoms with Crippen LogP contribution in [0.3, 0.4) is 0 Å². The van der Waals surface area contributed by atoms with Gasteiger partial charge < -0.3 is 18.8 Å². The van der Waals surface area contributed by atoms with E-state index in [0.717, 1.165) is 25.2 Å². The monoisotopic (exact) mass is 314 g/mol. The van der Waals surface area contributed by atoms with Crippen molar-refractivity contribution in [1.82, 2.24) is 20.0 Å². The molecular formula is C16H18N4O3. The molecule has 0 spiro atoms. The SMILES string of the molecule is CCc1nccn1CCCNC(=O)c1cc(-c2ccco2)on1. The Morgan fingerprint density at radius 1 is 1.39 bits per heavy atom. The van der Waals surface area contributed by atoms with E-state index in [9.17, 15) is 4.79 Å². The van der Waals surface area contributed by atoms with Gasteiger partial charge in [0, 0.05) is 38.0 Å². The maximum absolute atomic E-state index is 12.0. The third-order valence-electron chi connectivity index (χ3n) is 3.49. The Morgan fingerprint density at radius 3 is 3.09 bits per heavy atom. The fourth-order valence-corrected chi connectivity index (χ4v) is 2.32. The number of carbonyl (C=O) groups excluding carboxylic acids is 1. The van der Waals surface area contributed by atoms with Crippen molar-refractivity contribution in [2.45, 2.75) is 26.3 Å². The standard InChI is InChI=1S/C16H18N4O3/c1-2-15-17-7-9-20(15)8-4-6-18-16(21)12-11-14(23-19-12)13-5-3-10-22-13/h3,5,7,9-11H,2,4,6,8H2,1H3,(H,18,21). The topological polar surface area (TPSA) is 86.1 Å². The zero-order valence-corrected chi connectivity index (χ0v) is 12.9. The van der Waals surface area contributed by atoms with E-state index >= 15 is 0 Å². The van der Waals surface area contributed by atoms with E-state index in [0.29, 0.717) is 18.1 Å². The van der Waals surface area contributed by atoms with Crippen molar-refractivity contribution < 1.29 is 13.7 Å². The summed E-state index contributed by atoms with van der Waals surface area (Å²) in [7, 11) is 0. The van der Waals surface area contributed by atoms with E-state index < -0.39 is 0 Å². The normalized spacial score (nSPS) is 10.8. The lowest BCUT2D eigenvalue weighted by molar-refractivity contribution is 0.0943. The van der Waals surface area contributed by atoms with Gasteiger partial charge in [0.2, 0.25) is 5.76 Å². The number of hydrogen-bond acceptors (Lipinski definition) is 5. The van der Waals surface area contributed by atoms with Crippen molar-refractivity contribution in [1.29, 1.82) is 0 Å². The third kappa shape index (κ3) is 3.50. The predicted octanol–water partition coefficient (Wildman–Crippen LogP) is 2.51. The number of rotatable bonds is 7. The Kier molecular flexibility index (Phi) is 4.56. The molecular weight excluding hydrogens is 296 g/mol. The summed E-state index contributed by atoms with van der Waals surface area (Å²) in [5.74, 6) is 1.78. The number of hydrogen-bond donors (Lipinski definition) is 1. The highest BCUT2D eigenvalue weighted by Gasteiger charge is 2.14. The Morgan fingerprint density at radius 2 is 2.30 bits per heavy atom. The molecule has 1 amide bonds. The van der Waals surface area contributed by atoms with Crippen LogP contribution in [0.1, 0.15) is 29.7 Å². The molecule has 0 bridgehead atoms. The maximum Gasteiger partial charge on any atom is 0.273 e. The van der Waals surface area contributed by atoms with Crippen molar-refractivity contribution in [3.63, 3.8) is 0 Å². The van der Waals surface area contributed by atoms with Crippen LogP contribution in [0.2, 0.25) is 0 Å². The highest BCUT2D eigenvalue weighted by molar-refractivity contribution is 5.92. The molecule has 3 aromatic heterocycles. The molecule has 0 fully saturated rings. The summed E-state index contributed by atoms with van der Waals surface area (Å²) in [6.07, 6.45) is 7.00. The van der Waals surface area contributed by atoms with Crippen LogP contribution in [-0.4, -0.2) is 27.2 Å². The molecule has 0 aromatic carbocycles. The van der Waals surface area contributed by atoms with E-state index in [1.807, 2.05) is 6.20 Å². The van der Waals surface area contributed by atoms with Crippen LogP contribution in [0.4, 0.5) is 0 Å². The summed E-state index contributed by atoms with van der Waals surface area (Å²) in [5, 5.41) is 6.60.